The Labute approximate surface area is 96.4 Å². The van der Waals surface area contributed by atoms with Crippen LogP contribution in [0.5, 0.6) is 5.75 Å². The lowest BCUT2D eigenvalue weighted by Crippen LogP contribution is -2.00. The van der Waals surface area contributed by atoms with Gasteiger partial charge in [0.05, 0.1) is 17.5 Å². The number of nitro benzene ring substituents is 1. The van der Waals surface area contributed by atoms with Gasteiger partial charge in [0.15, 0.2) is 11.3 Å². The predicted molar refractivity (Wildman–Crippen MR) is 59.8 cm³/mol. The van der Waals surface area contributed by atoms with Crippen LogP contribution in [0.25, 0.3) is 11.0 Å². The zero-order valence-electron chi connectivity index (χ0n) is 9.38. The Morgan fingerprint density at radius 2 is 2.29 bits per heavy atom. The largest absolute Gasteiger partial charge is 0.490 e. The van der Waals surface area contributed by atoms with E-state index < -0.39 is 4.92 Å². The Morgan fingerprint density at radius 3 is 2.82 bits per heavy atom. The lowest BCUT2D eigenvalue weighted by molar-refractivity contribution is -0.384. The highest BCUT2D eigenvalue weighted by Crippen LogP contribution is 2.34. The molecule has 0 spiro atoms. The van der Waals surface area contributed by atoms with E-state index in [1.54, 1.807) is 13.1 Å². The van der Waals surface area contributed by atoms with Gasteiger partial charge in [-0.15, -0.1) is 0 Å². The van der Waals surface area contributed by atoms with Gasteiger partial charge in [0.2, 0.25) is 0 Å². The van der Waals surface area contributed by atoms with Crippen molar-refractivity contribution in [2.75, 3.05) is 7.11 Å². The van der Waals surface area contributed by atoms with Gasteiger partial charge in [-0.2, -0.15) is 0 Å². The summed E-state index contributed by atoms with van der Waals surface area (Å²) < 4.78 is 6.46. The summed E-state index contributed by atoms with van der Waals surface area (Å²) in [7, 11) is 2.99. The molecule has 2 aromatic rings. The van der Waals surface area contributed by atoms with E-state index >= 15 is 0 Å². The van der Waals surface area contributed by atoms with Crippen molar-refractivity contribution in [2.45, 2.75) is 6.61 Å². The van der Waals surface area contributed by atoms with Crippen LogP contribution in [-0.2, 0) is 13.7 Å². The van der Waals surface area contributed by atoms with Gasteiger partial charge in [-0.1, -0.05) is 0 Å². The molecule has 1 N–H and O–H groups in total. The number of fused-ring (bicyclic) bond motifs is 1. The van der Waals surface area contributed by atoms with Gasteiger partial charge in [-0.25, -0.2) is 4.98 Å². The third-order valence-electron chi connectivity index (χ3n) is 2.61. The first-order chi connectivity index (χ1) is 8.10. The van der Waals surface area contributed by atoms with Gasteiger partial charge in [0.25, 0.3) is 0 Å². The molecular formula is C10H11N3O4. The van der Waals surface area contributed by atoms with Crippen molar-refractivity contribution < 1.29 is 14.8 Å². The lowest BCUT2D eigenvalue weighted by atomic mass is 10.2. The molecule has 1 aromatic heterocycles. The fraction of sp³-hybridized carbons (Fsp3) is 0.300. The smallest absolute Gasteiger partial charge is 0.336 e. The second-order valence-corrected chi connectivity index (χ2v) is 3.49. The van der Waals surface area contributed by atoms with Crippen LogP contribution in [0.3, 0.4) is 0 Å². The van der Waals surface area contributed by atoms with E-state index in [1.165, 1.54) is 17.7 Å². The molecular weight excluding hydrogens is 226 g/mol. The fourth-order valence-corrected chi connectivity index (χ4v) is 1.80. The summed E-state index contributed by atoms with van der Waals surface area (Å²) in [4.78, 5) is 14.7. The van der Waals surface area contributed by atoms with Crippen LogP contribution in [0.15, 0.2) is 12.1 Å². The number of aromatic nitrogens is 2. The molecule has 0 saturated carbocycles. The van der Waals surface area contributed by atoms with Crippen LogP contribution in [0, 0.1) is 10.1 Å². The van der Waals surface area contributed by atoms with Crippen molar-refractivity contribution in [2.24, 2.45) is 7.05 Å². The molecule has 0 aliphatic rings. The first-order valence-corrected chi connectivity index (χ1v) is 4.87. The number of ether oxygens (including phenoxy) is 1. The molecule has 2 rings (SSSR count). The summed E-state index contributed by atoms with van der Waals surface area (Å²) in [5.74, 6) is 0.548. The third-order valence-corrected chi connectivity index (χ3v) is 2.61. The summed E-state index contributed by atoms with van der Waals surface area (Å²) in [6.45, 7) is -0.273. The molecule has 90 valence electrons. The van der Waals surface area contributed by atoms with E-state index in [4.69, 9.17) is 9.84 Å². The van der Waals surface area contributed by atoms with Crippen LogP contribution in [0.2, 0.25) is 0 Å². The molecule has 0 bridgehead atoms. The van der Waals surface area contributed by atoms with Crippen molar-refractivity contribution >= 4 is 16.7 Å². The van der Waals surface area contributed by atoms with Gasteiger partial charge in [0.1, 0.15) is 12.4 Å². The summed E-state index contributed by atoms with van der Waals surface area (Å²) in [5.41, 5.74) is 0.669. The highest BCUT2D eigenvalue weighted by molar-refractivity contribution is 5.88. The van der Waals surface area contributed by atoms with Gasteiger partial charge in [-0.05, 0) is 12.1 Å². The molecule has 7 heteroatoms. The number of hydrogen-bond acceptors (Lipinski definition) is 5. The van der Waals surface area contributed by atoms with Gasteiger partial charge in [0, 0.05) is 7.05 Å². The van der Waals surface area contributed by atoms with Crippen LogP contribution in [0.1, 0.15) is 5.82 Å². The number of hydrogen-bond donors (Lipinski definition) is 1. The molecule has 0 fully saturated rings. The molecule has 0 unspecified atom stereocenters. The normalized spacial score (nSPS) is 10.8. The first-order valence-electron chi connectivity index (χ1n) is 4.87. The maximum Gasteiger partial charge on any atom is 0.336 e. The Kier molecular flexibility index (Phi) is 2.68. The first kappa shape index (κ1) is 11.3. The molecule has 1 heterocycles. The van der Waals surface area contributed by atoms with E-state index in [9.17, 15) is 10.1 Å². The minimum absolute atomic E-state index is 0.139. The van der Waals surface area contributed by atoms with Crippen molar-refractivity contribution in [1.82, 2.24) is 9.55 Å². The molecule has 17 heavy (non-hydrogen) atoms. The average molecular weight is 237 g/mol. The number of imidazole rings is 1. The zero-order valence-corrected chi connectivity index (χ0v) is 9.38. The molecule has 0 aliphatic heterocycles. The molecule has 1 aromatic carbocycles. The van der Waals surface area contributed by atoms with Crippen molar-refractivity contribution in [3.8, 4) is 5.75 Å². The predicted octanol–water partition coefficient (Wildman–Crippen LogP) is 0.982. The molecule has 0 saturated heterocycles. The van der Waals surface area contributed by atoms with E-state index in [-0.39, 0.29) is 18.0 Å². The molecule has 0 atom stereocenters. The Morgan fingerprint density at radius 1 is 1.59 bits per heavy atom. The highest BCUT2D eigenvalue weighted by Gasteiger charge is 2.24. The maximum absolute atomic E-state index is 11.1. The van der Waals surface area contributed by atoms with E-state index in [2.05, 4.69) is 4.98 Å². The lowest BCUT2D eigenvalue weighted by Gasteiger charge is -2.03. The number of aliphatic hydroxyl groups excluding tert-OH is 1. The number of aryl methyl sites for hydroxylation is 1. The standard InChI is InChI=1S/C10H11N3O4/c1-12-8(5-14)11-6-3-4-7(17-2)10(9(6)12)13(15)16/h3-4,14H,5H2,1-2H3. The van der Waals surface area contributed by atoms with Crippen molar-refractivity contribution in [3.05, 3.63) is 28.1 Å². The summed E-state index contributed by atoms with van der Waals surface area (Å²) in [5, 5.41) is 20.2. The Hall–Kier alpha value is -2.15. The Bertz CT molecular complexity index is 591. The summed E-state index contributed by atoms with van der Waals surface area (Å²) in [6, 6.07) is 3.12. The van der Waals surface area contributed by atoms with Gasteiger partial charge < -0.3 is 14.4 Å². The number of nitrogens with zero attached hydrogens (tertiary/aromatic N) is 3. The minimum Gasteiger partial charge on any atom is -0.490 e. The SMILES string of the molecule is COc1ccc2nc(CO)n(C)c2c1[N+](=O)[O-]. The minimum atomic E-state index is -0.510. The topological polar surface area (TPSA) is 90.4 Å². The quantitative estimate of drug-likeness (QED) is 0.634. The van der Waals surface area contributed by atoms with Crippen LogP contribution in [-0.4, -0.2) is 26.7 Å². The van der Waals surface area contributed by atoms with Gasteiger partial charge >= 0.3 is 5.69 Å². The van der Waals surface area contributed by atoms with Crippen molar-refractivity contribution in [1.29, 1.82) is 0 Å². The van der Waals surface area contributed by atoms with Gasteiger partial charge in [-0.3, -0.25) is 10.1 Å². The fourth-order valence-electron chi connectivity index (χ4n) is 1.80. The third kappa shape index (κ3) is 1.60. The zero-order chi connectivity index (χ0) is 12.6. The summed E-state index contributed by atoms with van der Waals surface area (Å²) in [6.07, 6.45) is 0. The number of aliphatic hydroxyl groups is 1. The highest BCUT2D eigenvalue weighted by atomic mass is 16.6. The monoisotopic (exact) mass is 237 g/mol. The number of nitro groups is 1. The van der Waals surface area contributed by atoms with E-state index in [1.807, 2.05) is 0 Å². The number of benzene rings is 1. The average Bonchev–Trinajstić information content (AvgIpc) is 2.64. The molecule has 0 aliphatic carbocycles. The molecule has 0 radical (unpaired) electrons. The van der Waals surface area contributed by atoms with E-state index in [0.717, 1.165) is 0 Å². The van der Waals surface area contributed by atoms with Crippen LogP contribution < -0.4 is 4.74 Å². The second kappa shape index (κ2) is 4.02. The molecule has 0 amide bonds. The Balaban J connectivity index is 2.88. The summed E-state index contributed by atoms with van der Waals surface area (Å²) >= 11 is 0. The van der Waals surface area contributed by atoms with Crippen LogP contribution >= 0.6 is 0 Å². The second-order valence-electron chi connectivity index (χ2n) is 3.49. The van der Waals surface area contributed by atoms with Crippen molar-refractivity contribution in [3.63, 3.8) is 0 Å². The number of rotatable bonds is 3. The van der Waals surface area contributed by atoms with Crippen LogP contribution in [0.4, 0.5) is 5.69 Å². The number of methoxy groups -OCH3 is 1. The van der Waals surface area contributed by atoms with E-state index in [0.29, 0.717) is 16.9 Å². The molecule has 7 nitrogen and oxygen atoms in total. The maximum atomic E-state index is 11.1.